The van der Waals surface area contributed by atoms with Gasteiger partial charge in [0, 0.05) is 31.6 Å². The molecule has 0 atom stereocenters. The Bertz CT molecular complexity index is 913. The topological polar surface area (TPSA) is 59.8 Å². The maximum absolute atomic E-state index is 12.4. The van der Waals surface area contributed by atoms with Crippen LogP contribution in [0.3, 0.4) is 0 Å². The second-order valence-corrected chi connectivity index (χ2v) is 7.64. The van der Waals surface area contributed by atoms with Crippen LogP contribution in [0.2, 0.25) is 0 Å². The molecule has 4 rings (SSSR count). The van der Waals surface area contributed by atoms with Crippen molar-refractivity contribution in [3.05, 3.63) is 60.0 Å². The maximum Gasteiger partial charge on any atom is 0.223 e. The van der Waals surface area contributed by atoms with Crippen molar-refractivity contribution in [2.45, 2.75) is 51.5 Å². The van der Waals surface area contributed by atoms with Gasteiger partial charge in [-0.05, 0) is 37.0 Å². The van der Waals surface area contributed by atoms with Gasteiger partial charge < -0.3 is 9.88 Å². The number of imidazole rings is 1. The van der Waals surface area contributed by atoms with Gasteiger partial charge in [0.15, 0.2) is 5.65 Å². The van der Waals surface area contributed by atoms with Crippen LogP contribution in [0.25, 0.3) is 11.2 Å². The van der Waals surface area contributed by atoms with Crippen LogP contribution in [0, 0.1) is 5.92 Å². The number of nitrogens with one attached hydrogen (secondary N) is 1. The normalized spacial score (nSPS) is 15.0. The minimum Gasteiger partial charge on any atom is -0.354 e. The molecule has 1 aromatic carbocycles. The van der Waals surface area contributed by atoms with Gasteiger partial charge in [-0.3, -0.25) is 4.79 Å². The minimum atomic E-state index is 0.198. The molecule has 3 aromatic rings. The first-order chi connectivity index (χ1) is 13.8. The van der Waals surface area contributed by atoms with E-state index in [-0.39, 0.29) is 11.8 Å². The van der Waals surface area contributed by atoms with Crippen molar-refractivity contribution in [2.75, 3.05) is 6.54 Å². The number of nitrogens with zero attached hydrogens (tertiary/aromatic N) is 3. The second-order valence-electron chi connectivity index (χ2n) is 7.64. The van der Waals surface area contributed by atoms with Crippen molar-refractivity contribution in [1.29, 1.82) is 0 Å². The molecule has 2 heterocycles. The summed E-state index contributed by atoms with van der Waals surface area (Å²) < 4.78 is 2.17. The maximum atomic E-state index is 12.4. The van der Waals surface area contributed by atoms with E-state index in [9.17, 15) is 4.79 Å². The number of hydrogen-bond acceptors (Lipinski definition) is 3. The standard InChI is InChI=1S/C23H28N4O/c28-23(19-10-5-2-6-11-19)25-16-17-27-21(14-13-18-8-3-1-4-9-18)26-20-12-7-15-24-22(20)27/h1,3-4,7-9,12,15,19H,2,5-6,10-11,13-14,16-17H2,(H,25,28). The van der Waals surface area contributed by atoms with Gasteiger partial charge in [-0.25, -0.2) is 9.97 Å². The number of amides is 1. The van der Waals surface area contributed by atoms with Gasteiger partial charge in [0.1, 0.15) is 11.3 Å². The smallest absolute Gasteiger partial charge is 0.223 e. The van der Waals surface area contributed by atoms with Gasteiger partial charge in [-0.15, -0.1) is 0 Å². The molecule has 0 radical (unpaired) electrons. The summed E-state index contributed by atoms with van der Waals surface area (Å²) in [5, 5.41) is 3.14. The third kappa shape index (κ3) is 4.41. The summed E-state index contributed by atoms with van der Waals surface area (Å²) in [6.07, 6.45) is 9.29. The first-order valence-electron chi connectivity index (χ1n) is 10.4. The largest absolute Gasteiger partial charge is 0.354 e. The molecule has 1 amide bonds. The minimum absolute atomic E-state index is 0.198. The van der Waals surface area contributed by atoms with Gasteiger partial charge >= 0.3 is 0 Å². The van der Waals surface area contributed by atoms with E-state index in [1.165, 1.54) is 24.8 Å². The van der Waals surface area contributed by atoms with Gasteiger partial charge in [0.25, 0.3) is 0 Å². The summed E-state index contributed by atoms with van der Waals surface area (Å²) in [6, 6.07) is 14.4. The average molecular weight is 377 g/mol. The molecule has 146 valence electrons. The van der Waals surface area contributed by atoms with E-state index < -0.39 is 0 Å². The Labute approximate surface area is 166 Å². The fourth-order valence-corrected chi connectivity index (χ4v) is 4.13. The highest BCUT2D eigenvalue weighted by atomic mass is 16.1. The number of aryl methyl sites for hydroxylation is 2. The molecule has 28 heavy (non-hydrogen) atoms. The summed E-state index contributed by atoms with van der Waals surface area (Å²) >= 11 is 0. The molecule has 0 aliphatic heterocycles. The summed E-state index contributed by atoms with van der Waals surface area (Å²) in [7, 11) is 0. The molecule has 1 saturated carbocycles. The molecule has 1 fully saturated rings. The number of hydrogen-bond donors (Lipinski definition) is 1. The Balaban J connectivity index is 1.43. The fourth-order valence-electron chi connectivity index (χ4n) is 4.13. The van der Waals surface area contributed by atoms with E-state index in [2.05, 4.69) is 39.1 Å². The molecule has 1 N–H and O–H groups in total. The molecule has 5 heteroatoms. The van der Waals surface area contributed by atoms with Crippen LogP contribution in [0.4, 0.5) is 0 Å². The van der Waals surface area contributed by atoms with Gasteiger partial charge in [0.05, 0.1) is 0 Å². The predicted octanol–water partition coefficient (Wildman–Crippen LogP) is 3.91. The highest BCUT2D eigenvalue weighted by Crippen LogP contribution is 2.23. The summed E-state index contributed by atoms with van der Waals surface area (Å²) in [5.74, 6) is 1.44. The van der Waals surface area contributed by atoms with E-state index >= 15 is 0 Å². The molecule has 2 aromatic heterocycles. The van der Waals surface area contributed by atoms with Gasteiger partial charge in [0.2, 0.25) is 5.91 Å². The summed E-state index contributed by atoms with van der Waals surface area (Å²) in [5.41, 5.74) is 3.13. The van der Waals surface area contributed by atoms with Crippen LogP contribution in [0.5, 0.6) is 0 Å². The van der Waals surface area contributed by atoms with Crippen LogP contribution < -0.4 is 5.32 Å². The van der Waals surface area contributed by atoms with Crippen molar-refractivity contribution in [3.63, 3.8) is 0 Å². The average Bonchev–Trinajstić information content (AvgIpc) is 3.11. The Morgan fingerprint density at radius 2 is 1.86 bits per heavy atom. The number of aromatic nitrogens is 3. The lowest BCUT2D eigenvalue weighted by atomic mass is 9.89. The van der Waals surface area contributed by atoms with E-state index in [1.807, 2.05) is 24.4 Å². The molecule has 0 bridgehead atoms. The molecule has 1 aliphatic rings. The van der Waals surface area contributed by atoms with Gasteiger partial charge in [-0.2, -0.15) is 0 Å². The quantitative estimate of drug-likeness (QED) is 0.680. The lowest BCUT2D eigenvalue weighted by Crippen LogP contribution is -2.34. The SMILES string of the molecule is O=C(NCCn1c(CCc2ccccc2)nc2cccnc21)C1CCCCC1. The van der Waals surface area contributed by atoms with Crippen LogP contribution in [-0.4, -0.2) is 27.0 Å². The number of benzene rings is 1. The zero-order valence-corrected chi connectivity index (χ0v) is 16.3. The number of carbonyl (C=O) groups is 1. The Hall–Kier alpha value is -2.69. The van der Waals surface area contributed by atoms with E-state index in [0.717, 1.165) is 42.7 Å². The molecule has 0 unspecified atom stereocenters. The first-order valence-corrected chi connectivity index (χ1v) is 10.4. The van der Waals surface area contributed by atoms with Crippen LogP contribution in [0.15, 0.2) is 48.7 Å². The van der Waals surface area contributed by atoms with Crippen molar-refractivity contribution in [2.24, 2.45) is 5.92 Å². The third-order valence-corrected chi connectivity index (χ3v) is 5.67. The monoisotopic (exact) mass is 376 g/mol. The summed E-state index contributed by atoms with van der Waals surface area (Å²) in [4.78, 5) is 21.8. The molecule has 0 saturated heterocycles. The highest BCUT2D eigenvalue weighted by molar-refractivity contribution is 5.78. The lowest BCUT2D eigenvalue weighted by molar-refractivity contribution is -0.125. The van der Waals surface area contributed by atoms with Crippen molar-refractivity contribution in [3.8, 4) is 0 Å². The Morgan fingerprint density at radius 1 is 1.04 bits per heavy atom. The van der Waals surface area contributed by atoms with E-state index in [1.54, 1.807) is 0 Å². The summed E-state index contributed by atoms with van der Waals surface area (Å²) in [6.45, 7) is 1.33. The van der Waals surface area contributed by atoms with E-state index in [4.69, 9.17) is 4.98 Å². The number of rotatable bonds is 7. The zero-order valence-electron chi connectivity index (χ0n) is 16.3. The third-order valence-electron chi connectivity index (χ3n) is 5.67. The Morgan fingerprint density at radius 3 is 2.68 bits per heavy atom. The van der Waals surface area contributed by atoms with Crippen molar-refractivity contribution < 1.29 is 4.79 Å². The van der Waals surface area contributed by atoms with Crippen LogP contribution in [0.1, 0.15) is 43.5 Å². The van der Waals surface area contributed by atoms with E-state index in [0.29, 0.717) is 13.1 Å². The predicted molar refractivity (Wildman–Crippen MR) is 111 cm³/mol. The zero-order chi connectivity index (χ0) is 19.2. The van der Waals surface area contributed by atoms with Crippen LogP contribution >= 0.6 is 0 Å². The molecular weight excluding hydrogens is 348 g/mol. The van der Waals surface area contributed by atoms with Crippen LogP contribution in [-0.2, 0) is 24.2 Å². The molecular formula is C23H28N4O. The van der Waals surface area contributed by atoms with Gasteiger partial charge in [-0.1, -0.05) is 49.6 Å². The number of pyridine rings is 1. The molecule has 0 spiro atoms. The number of carbonyl (C=O) groups excluding carboxylic acids is 1. The fraction of sp³-hybridized carbons (Fsp3) is 0.435. The highest BCUT2D eigenvalue weighted by Gasteiger charge is 2.20. The lowest BCUT2D eigenvalue weighted by Gasteiger charge is -2.21. The molecule has 1 aliphatic carbocycles. The second kappa shape index (κ2) is 9.00. The number of fused-ring (bicyclic) bond motifs is 1. The van der Waals surface area contributed by atoms with Crippen molar-refractivity contribution >= 4 is 17.1 Å². The Kier molecular flexibility index (Phi) is 6.00. The first kappa shape index (κ1) is 18.7. The molecule has 5 nitrogen and oxygen atoms in total. The van der Waals surface area contributed by atoms with Crippen molar-refractivity contribution in [1.82, 2.24) is 19.9 Å².